The minimum Gasteiger partial charge on any atom is -0.480 e. The van der Waals surface area contributed by atoms with Gasteiger partial charge in [-0.1, -0.05) is 13.8 Å². The van der Waals surface area contributed by atoms with Gasteiger partial charge in [0.15, 0.2) is 10.4 Å². The quantitative estimate of drug-likeness (QED) is 0.587. The van der Waals surface area contributed by atoms with Crippen LogP contribution in [0.5, 0.6) is 0 Å². The number of hydrogen-bond acceptors (Lipinski definition) is 5. The van der Waals surface area contributed by atoms with Crippen LogP contribution in [0, 0.1) is 5.92 Å². The smallest absolute Gasteiger partial charge is 0.326 e. The van der Waals surface area contributed by atoms with Gasteiger partial charge in [0.2, 0.25) is 0 Å². The average molecular weight is 425 g/mol. The van der Waals surface area contributed by atoms with Gasteiger partial charge in [-0.15, -0.1) is 0 Å². The molecule has 2 rings (SSSR count). The maximum absolute atomic E-state index is 12.5. The van der Waals surface area contributed by atoms with Crippen molar-refractivity contribution in [2.75, 3.05) is 0 Å². The van der Waals surface area contributed by atoms with E-state index in [0.29, 0.717) is 10.4 Å². The van der Waals surface area contributed by atoms with Crippen molar-refractivity contribution >= 4 is 39.8 Å². The van der Waals surface area contributed by atoms with E-state index in [1.165, 1.54) is 24.5 Å². The summed E-state index contributed by atoms with van der Waals surface area (Å²) in [5, 5.41) is 14.0. The van der Waals surface area contributed by atoms with Crippen LogP contribution >= 0.6 is 15.9 Å². The molecule has 0 aliphatic rings. The van der Waals surface area contributed by atoms with E-state index in [1.54, 1.807) is 26.0 Å². The lowest BCUT2D eigenvalue weighted by Gasteiger charge is -2.19. The molecule has 8 nitrogen and oxygen atoms in total. The highest BCUT2D eigenvalue weighted by atomic mass is 79.9. The van der Waals surface area contributed by atoms with Crippen molar-refractivity contribution in [2.24, 2.45) is 5.92 Å². The van der Waals surface area contributed by atoms with Gasteiger partial charge < -0.3 is 24.6 Å². The lowest BCUT2D eigenvalue weighted by atomic mass is 10.0. The number of halogens is 1. The molecule has 2 aromatic rings. The van der Waals surface area contributed by atoms with E-state index in [4.69, 9.17) is 8.83 Å². The summed E-state index contributed by atoms with van der Waals surface area (Å²) in [4.78, 5) is 36.1. The molecule has 0 radical (unpaired) electrons. The monoisotopic (exact) mass is 424 g/mol. The number of rotatable bonds is 7. The largest absolute Gasteiger partial charge is 0.480 e. The van der Waals surface area contributed by atoms with E-state index >= 15 is 0 Å². The first-order valence-electron chi connectivity index (χ1n) is 7.63. The summed E-state index contributed by atoms with van der Waals surface area (Å²) in [6, 6.07) is 5.04. The molecule has 138 valence electrons. The summed E-state index contributed by atoms with van der Waals surface area (Å²) in [5.41, 5.74) is -0.177. The predicted molar refractivity (Wildman–Crippen MR) is 95.0 cm³/mol. The number of furan rings is 2. The molecule has 2 heterocycles. The van der Waals surface area contributed by atoms with Crippen LogP contribution in [0.2, 0.25) is 0 Å². The highest BCUT2D eigenvalue weighted by Crippen LogP contribution is 2.15. The van der Waals surface area contributed by atoms with Crippen molar-refractivity contribution < 1.29 is 28.3 Å². The van der Waals surface area contributed by atoms with Gasteiger partial charge in [0.25, 0.3) is 11.8 Å². The number of carbonyl (C=O) groups is 3. The van der Waals surface area contributed by atoms with Crippen LogP contribution in [0.4, 0.5) is 0 Å². The number of carboxylic acids is 1. The van der Waals surface area contributed by atoms with Crippen molar-refractivity contribution in [3.05, 3.63) is 52.4 Å². The second kappa shape index (κ2) is 8.52. The second-order valence-electron chi connectivity index (χ2n) is 5.66. The van der Waals surface area contributed by atoms with Crippen molar-refractivity contribution in [3.63, 3.8) is 0 Å². The Balaban J connectivity index is 2.25. The molecule has 9 heteroatoms. The van der Waals surface area contributed by atoms with E-state index in [0.717, 1.165) is 0 Å². The van der Waals surface area contributed by atoms with Crippen LogP contribution in [0.1, 0.15) is 30.2 Å². The Morgan fingerprint density at radius 3 is 2.46 bits per heavy atom. The number of carboxylic acid groups (broad SMARTS) is 1. The predicted octanol–water partition coefficient (Wildman–Crippen LogP) is 2.63. The van der Waals surface area contributed by atoms with Crippen molar-refractivity contribution in [3.8, 4) is 0 Å². The van der Waals surface area contributed by atoms with Gasteiger partial charge in [0, 0.05) is 6.08 Å². The topological polar surface area (TPSA) is 122 Å². The van der Waals surface area contributed by atoms with Crippen molar-refractivity contribution in [2.45, 2.75) is 19.9 Å². The van der Waals surface area contributed by atoms with Crippen LogP contribution < -0.4 is 10.6 Å². The lowest BCUT2D eigenvalue weighted by molar-refractivity contribution is -0.142. The zero-order valence-electron chi connectivity index (χ0n) is 14.0. The Morgan fingerprint density at radius 1 is 1.23 bits per heavy atom. The molecule has 0 saturated carbocycles. The van der Waals surface area contributed by atoms with E-state index in [2.05, 4.69) is 26.6 Å². The fourth-order valence-electron chi connectivity index (χ4n) is 2.03. The summed E-state index contributed by atoms with van der Waals surface area (Å²) in [7, 11) is 0. The van der Waals surface area contributed by atoms with Crippen molar-refractivity contribution in [1.29, 1.82) is 0 Å². The summed E-state index contributed by atoms with van der Waals surface area (Å²) in [5.74, 6) is -2.66. The number of amides is 2. The first kappa shape index (κ1) is 19.5. The number of aliphatic carboxylic acids is 1. The van der Waals surface area contributed by atoms with Gasteiger partial charge in [-0.2, -0.15) is 0 Å². The summed E-state index contributed by atoms with van der Waals surface area (Å²) in [6.07, 6.45) is 2.70. The number of hydrogen-bond donors (Lipinski definition) is 3. The Labute approximate surface area is 157 Å². The zero-order valence-corrected chi connectivity index (χ0v) is 15.6. The van der Waals surface area contributed by atoms with Crippen LogP contribution in [0.25, 0.3) is 6.08 Å². The first-order valence-corrected chi connectivity index (χ1v) is 8.42. The third-order valence-electron chi connectivity index (χ3n) is 3.34. The third-order valence-corrected chi connectivity index (χ3v) is 3.77. The first-order chi connectivity index (χ1) is 12.3. The SMILES string of the molecule is CC(C)[C@@H](NC(=O)/C(=C/c1ccco1)NC(=O)c1ccc(Br)o1)C(=O)O. The molecule has 3 N–H and O–H groups in total. The van der Waals surface area contributed by atoms with Gasteiger partial charge in [0.05, 0.1) is 6.26 Å². The Kier molecular flexibility index (Phi) is 6.40. The summed E-state index contributed by atoms with van der Waals surface area (Å²) < 4.78 is 10.7. The minimum absolute atomic E-state index is 0.0198. The standard InChI is InChI=1S/C17H17BrN2O6/c1-9(2)14(17(23)24)20-15(21)11(8-10-4-3-7-25-10)19-16(22)12-5-6-13(18)26-12/h3-9,14H,1-2H3,(H,19,22)(H,20,21)(H,23,24)/b11-8-/t14-/m1/s1. The molecule has 2 aromatic heterocycles. The Hall–Kier alpha value is -2.81. The molecule has 2 amide bonds. The lowest BCUT2D eigenvalue weighted by Crippen LogP contribution is -2.47. The molecule has 26 heavy (non-hydrogen) atoms. The molecular formula is C17H17BrN2O6. The van der Waals surface area contributed by atoms with Gasteiger partial charge >= 0.3 is 5.97 Å². The van der Waals surface area contributed by atoms with E-state index in [9.17, 15) is 19.5 Å². The fraction of sp³-hybridized carbons (Fsp3) is 0.235. The molecule has 0 aromatic carbocycles. The van der Waals surface area contributed by atoms with Crippen LogP contribution in [0.15, 0.2) is 49.7 Å². The molecule has 1 atom stereocenters. The summed E-state index contributed by atoms with van der Waals surface area (Å²) in [6.45, 7) is 3.32. The zero-order chi connectivity index (χ0) is 19.3. The van der Waals surface area contributed by atoms with Gasteiger partial charge in [0.1, 0.15) is 17.5 Å². The van der Waals surface area contributed by atoms with E-state index in [1.807, 2.05) is 0 Å². The second-order valence-corrected chi connectivity index (χ2v) is 6.45. The van der Waals surface area contributed by atoms with Crippen molar-refractivity contribution in [1.82, 2.24) is 10.6 Å². The molecule has 0 bridgehead atoms. The van der Waals surface area contributed by atoms with E-state index in [-0.39, 0.29) is 17.4 Å². The minimum atomic E-state index is -1.17. The number of carbonyl (C=O) groups excluding carboxylic acids is 2. The third kappa shape index (κ3) is 5.09. The Bertz CT molecular complexity index is 822. The molecule has 0 fully saturated rings. The highest BCUT2D eigenvalue weighted by Gasteiger charge is 2.26. The average Bonchev–Trinajstić information content (AvgIpc) is 3.22. The molecule has 0 aliphatic heterocycles. The number of nitrogens with one attached hydrogen (secondary N) is 2. The molecule has 0 spiro atoms. The highest BCUT2D eigenvalue weighted by molar-refractivity contribution is 9.10. The summed E-state index contributed by atoms with van der Waals surface area (Å²) >= 11 is 3.09. The molecule has 0 saturated heterocycles. The normalized spacial score (nSPS) is 12.7. The van der Waals surface area contributed by atoms with Gasteiger partial charge in [-0.25, -0.2) is 4.79 Å². The molecular weight excluding hydrogens is 408 g/mol. The maximum Gasteiger partial charge on any atom is 0.326 e. The van der Waals surface area contributed by atoms with Gasteiger partial charge in [-0.05, 0) is 46.1 Å². The fourth-order valence-corrected chi connectivity index (χ4v) is 2.33. The molecule has 0 aliphatic carbocycles. The van der Waals surface area contributed by atoms with Gasteiger partial charge in [-0.3, -0.25) is 9.59 Å². The van der Waals surface area contributed by atoms with Crippen LogP contribution in [-0.4, -0.2) is 28.9 Å². The van der Waals surface area contributed by atoms with E-state index < -0.39 is 23.8 Å². The van der Waals surface area contributed by atoms with Crippen LogP contribution in [-0.2, 0) is 9.59 Å². The van der Waals surface area contributed by atoms with Crippen LogP contribution in [0.3, 0.4) is 0 Å². The Morgan fingerprint density at radius 2 is 1.96 bits per heavy atom. The maximum atomic E-state index is 12.5. The molecule has 0 unspecified atom stereocenters.